The Balaban J connectivity index is 1.59. The summed E-state index contributed by atoms with van der Waals surface area (Å²) in [4.78, 5) is 12.5. The highest BCUT2D eigenvalue weighted by molar-refractivity contribution is 6.33. The monoisotopic (exact) mass is 383 g/mol. The van der Waals surface area contributed by atoms with Gasteiger partial charge in [-0.15, -0.1) is 0 Å². The van der Waals surface area contributed by atoms with Crippen LogP contribution < -0.4 is 10.1 Å². The normalized spacial score (nSPS) is 10.6. The molecule has 1 heterocycles. The van der Waals surface area contributed by atoms with E-state index in [1.807, 2.05) is 61.5 Å². The molecular formula is C21H22ClN3O2. The molecule has 0 atom stereocenters. The molecule has 3 aromatic rings. The number of nitrogens with one attached hydrogen (secondary N) is 1. The number of benzene rings is 2. The summed E-state index contributed by atoms with van der Waals surface area (Å²) in [5.41, 5.74) is 3.28. The second-order valence-corrected chi connectivity index (χ2v) is 6.67. The van der Waals surface area contributed by atoms with Crippen LogP contribution in [0.5, 0.6) is 5.75 Å². The third-order valence-electron chi connectivity index (χ3n) is 4.14. The first-order chi connectivity index (χ1) is 13.0. The number of carbonyl (C=O) groups is 1. The van der Waals surface area contributed by atoms with Gasteiger partial charge in [0.15, 0.2) is 0 Å². The maximum Gasteiger partial charge on any atom is 0.256 e. The summed E-state index contributed by atoms with van der Waals surface area (Å²) in [5, 5.41) is 7.59. The smallest absolute Gasteiger partial charge is 0.256 e. The lowest BCUT2D eigenvalue weighted by Gasteiger charge is -2.08. The molecule has 0 bridgehead atoms. The molecule has 0 aliphatic heterocycles. The van der Waals surface area contributed by atoms with E-state index in [0.29, 0.717) is 36.1 Å². The summed E-state index contributed by atoms with van der Waals surface area (Å²) in [7, 11) is 0. The van der Waals surface area contributed by atoms with Crippen LogP contribution in [-0.4, -0.2) is 28.8 Å². The Morgan fingerprint density at radius 3 is 2.52 bits per heavy atom. The number of rotatable bonds is 7. The summed E-state index contributed by atoms with van der Waals surface area (Å²) in [6, 6.07) is 17.6. The van der Waals surface area contributed by atoms with Crippen LogP contribution in [0.15, 0.2) is 54.6 Å². The van der Waals surface area contributed by atoms with Crippen molar-refractivity contribution in [3.05, 3.63) is 82.1 Å². The highest BCUT2D eigenvalue weighted by Crippen LogP contribution is 2.21. The zero-order chi connectivity index (χ0) is 19.2. The summed E-state index contributed by atoms with van der Waals surface area (Å²) in [6.45, 7) is 5.10. The molecule has 1 amide bonds. The highest BCUT2D eigenvalue weighted by atomic mass is 35.5. The Labute approximate surface area is 163 Å². The van der Waals surface area contributed by atoms with Gasteiger partial charge in [-0.05, 0) is 31.5 Å². The summed E-state index contributed by atoms with van der Waals surface area (Å²) >= 11 is 6.42. The lowest BCUT2D eigenvalue weighted by atomic mass is 10.1. The van der Waals surface area contributed by atoms with E-state index in [2.05, 4.69) is 10.4 Å². The second-order valence-electron chi connectivity index (χ2n) is 6.31. The standard InChI is InChI=1S/C21H22ClN3O2/c1-15-8-10-17(11-9-15)14-25-20(22)19(16(2)24-25)21(26)23-12-13-27-18-6-4-3-5-7-18/h3-11H,12-14H2,1-2H3,(H,23,26). The van der Waals surface area contributed by atoms with Crippen molar-refractivity contribution in [2.75, 3.05) is 13.2 Å². The molecule has 0 saturated carbocycles. The maximum atomic E-state index is 12.5. The molecule has 0 saturated heterocycles. The van der Waals surface area contributed by atoms with Crippen LogP contribution in [0.1, 0.15) is 27.2 Å². The van der Waals surface area contributed by atoms with Crippen LogP contribution in [0.3, 0.4) is 0 Å². The Bertz CT molecular complexity index is 905. The number of hydrogen-bond acceptors (Lipinski definition) is 3. The van der Waals surface area contributed by atoms with Gasteiger partial charge in [-0.2, -0.15) is 5.10 Å². The van der Waals surface area contributed by atoms with Crippen molar-refractivity contribution < 1.29 is 9.53 Å². The number of amides is 1. The van der Waals surface area contributed by atoms with Crippen LogP contribution in [0.4, 0.5) is 0 Å². The van der Waals surface area contributed by atoms with Crippen molar-refractivity contribution in [2.45, 2.75) is 20.4 Å². The van der Waals surface area contributed by atoms with Gasteiger partial charge in [0.2, 0.25) is 0 Å². The average molecular weight is 384 g/mol. The van der Waals surface area contributed by atoms with Crippen LogP contribution in [-0.2, 0) is 6.54 Å². The zero-order valence-electron chi connectivity index (χ0n) is 15.4. The quantitative estimate of drug-likeness (QED) is 0.627. The number of aromatic nitrogens is 2. The molecule has 6 heteroatoms. The van der Waals surface area contributed by atoms with Crippen molar-refractivity contribution in [1.29, 1.82) is 0 Å². The van der Waals surface area contributed by atoms with Crippen molar-refractivity contribution in [1.82, 2.24) is 15.1 Å². The molecule has 1 aromatic heterocycles. The lowest BCUT2D eigenvalue weighted by molar-refractivity contribution is 0.0946. The van der Waals surface area contributed by atoms with Crippen molar-refractivity contribution in [3.63, 3.8) is 0 Å². The van der Waals surface area contributed by atoms with Gasteiger partial charge < -0.3 is 10.1 Å². The Hall–Kier alpha value is -2.79. The van der Waals surface area contributed by atoms with Crippen molar-refractivity contribution in [3.8, 4) is 5.75 Å². The third-order valence-corrected chi connectivity index (χ3v) is 4.53. The van der Waals surface area contributed by atoms with Gasteiger partial charge in [0.1, 0.15) is 17.5 Å². The number of carbonyl (C=O) groups excluding carboxylic acids is 1. The van der Waals surface area contributed by atoms with Gasteiger partial charge in [-0.25, -0.2) is 4.68 Å². The molecule has 27 heavy (non-hydrogen) atoms. The molecular weight excluding hydrogens is 362 g/mol. The number of aryl methyl sites for hydroxylation is 2. The fourth-order valence-electron chi connectivity index (χ4n) is 2.72. The van der Waals surface area contributed by atoms with Crippen LogP contribution in [0, 0.1) is 13.8 Å². The van der Waals surface area contributed by atoms with Gasteiger partial charge in [0.25, 0.3) is 5.91 Å². The first kappa shape index (κ1) is 19.0. The van der Waals surface area contributed by atoms with Crippen LogP contribution in [0.25, 0.3) is 0 Å². The summed E-state index contributed by atoms with van der Waals surface area (Å²) in [5.74, 6) is 0.524. The number of ether oxygens (including phenoxy) is 1. The molecule has 140 valence electrons. The van der Waals surface area contributed by atoms with Gasteiger partial charge in [0, 0.05) is 0 Å². The molecule has 0 unspecified atom stereocenters. The first-order valence-corrected chi connectivity index (χ1v) is 9.17. The minimum atomic E-state index is -0.246. The Kier molecular flexibility index (Phi) is 6.14. The van der Waals surface area contributed by atoms with E-state index >= 15 is 0 Å². The van der Waals surface area contributed by atoms with Gasteiger partial charge in [-0.1, -0.05) is 59.6 Å². The van der Waals surface area contributed by atoms with Gasteiger partial charge in [0.05, 0.1) is 24.3 Å². The summed E-state index contributed by atoms with van der Waals surface area (Å²) in [6.07, 6.45) is 0. The Morgan fingerprint density at radius 2 is 1.81 bits per heavy atom. The molecule has 0 aliphatic carbocycles. The molecule has 0 spiro atoms. The lowest BCUT2D eigenvalue weighted by Crippen LogP contribution is -2.28. The SMILES string of the molecule is Cc1ccc(Cn2nc(C)c(C(=O)NCCOc3ccccc3)c2Cl)cc1. The maximum absolute atomic E-state index is 12.5. The van der Waals surface area contributed by atoms with E-state index in [-0.39, 0.29) is 5.91 Å². The minimum absolute atomic E-state index is 0.246. The van der Waals surface area contributed by atoms with E-state index in [1.165, 1.54) is 5.56 Å². The predicted molar refractivity (Wildman–Crippen MR) is 107 cm³/mol. The summed E-state index contributed by atoms with van der Waals surface area (Å²) < 4.78 is 7.23. The molecule has 3 rings (SSSR count). The molecule has 0 aliphatic rings. The highest BCUT2D eigenvalue weighted by Gasteiger charge is 2.20. The number of nitrogens with zero attached hydrogens (tertiary/aromatic N) is 2. The minimum Gasteiger partial charge on any atom is -0.492 e. The predicted octanol–water partition coefficient (Wildman–Crippen LogP) is 4.01. The van der Waals surface area contributed by atoms with Crippen molar-refractivity contribution >= 4 is 17.5 Å². The fraction of sp³-hybridized carbons (Fsp3) is 0.238. The van der Waals surface area contributed by atoms with Crippen LogP contribution in [0.2, 0.25) is 5.15 Å². The number of hydrogen-bond donors (Lipinski definition) is 1. The van der Waals surface area contributed by atoms with Crippen molar-refractivity contribution in [2.24, 2.45) is 0 Å². The van der Waals surface area contributed by atoms with E-state index < -0.39 is 0 Å². The van der Waals surface area contributed by atoms with E-state index in [0.717, 1.165) is 11.3 Å². The molecule has 2 aromatic carbocycles. The van der Waals surface area contributed by atoms with E-state index in [4.69, 9.17) is 16.3 Å². The van der Waals surface area contributed by atoms with Gasteiger partial charge >= 0.3 is 0 Å². The largest absolute Gasteiger partial charge is 0.492 e. The molecule has 0 fully saturated rings. The second kappa shape index (κ2) is 8.73. The van der Waals surface area contributed by atoms with Gasteiger partial charge in [-0.3, -0.25) is 4.79 Å². The number of halogens is 1. The fourth-order valence-corrected chi connectivity index (χ4v) is 3.04. The third kappa shape index (κ3) is 4.89. The number of para-hydroxylation sites is 1. The van der Waals surface area contributed by atoms with E-state index in [1.54, 1.807) is 11.6 Å². The average Bonchev–Trinajstić information content (AvgIpc) is 2.95. The molecule has 0 radical (unpaired) electrons. The Morgan fingerprint density at radius 1 is 1.11 bits per heavy atom. The molecule has 5 nitrogen and oxygen atoms in total. The molecule has 1 N–H and O–H groups in total. The first-order valence-electron chi connectivity index (χ1n) is 8.79. The zero-order valence-corrected chi connectivity index (χ0v) is 16.2. The van der Waals surface area contributed by atoms with Crippen LogP contribution >= 0.6 is 11.6 Å². The topological polar surface area (TPSA) is 56.2 Å². The van der Waals surface area contributed by atoms with E-state index in [9.17, 15) is 4.79 Å².